The largest absolute Gasteiger partial charge is 0.481 e. The molecule has 78 valence electrons. The van der Waals surface area contributed by atoms with Crippen LogP contribution in [0, 0.1) is 0 Å². The molecular weight excluding hydrogens is 186 g/mol. The van der Waals surface area contributed by atoms with Gasteiger partial charge < -0.3 is 10.4 Å². The molecule has 0 radical (unpaired) electrons. The quantitative estimate of drug-likeness (QED) is 0.595. The summed E-state index contributed by atoms with van der Waals surface area (Å²) in [6.07, 6.45) is 0.792. The van der Waals surface area contributed by atoms with Crippen molar-refractivity contribution in [2.75, 3.05) is 0 Å². The van der Waals surface area contributed by atoms with Gasteiger partial charge in [-0.1, -0.05) is 13.5 Å². The standard InChI is InChI=1S/C9H13NO4/c1-3-7(11)6(5-9(13)14)10-8(12)4-2/h3,6H,1,4-5H2,2H3,(H,10,12)(H,13,14). The van der Waals surface area contributed by atoms with Crippen molar-refractivity contribution in [1.29, 1.82) is 0 Å². The Hall–Kier alpha value is -1.65. The zero-order chi connectivity index (χ0) is 11.1. The fraction of sp³-hybridized carbons (Fsp3) is 0.444. The van der Waals surface area contributed by atoms with E-state index < -0.39 is 24.2 Å². The van der Waals surface area contributed by atoms with Crippen molar-refractivity contribution < 1.29 is 19.5 Å². The highest BCUT2D eigenvalue weighted by atomic mass is 16.4. The first kappa shape index (κ1) is 12.3. The highest BCUT2D eigenvalue weighted by Gasteiger charge is 2.20. The Balaban J connectivity index is 4.39. The summed E-state index contributed by atoms with van der Waals surface area (Å²) < 4.78 is 0. The summed E-state index contributed by atoms with van der Waals surface area (Å²) in [6, 6.07) is -1.00. The number of carbonyl (C=O) groups excluding carboxylic acids is 2. The maximum atomic E-state index is 11.1. The number of carboxylic acids is 1. The lowest BCUT2D eigenvalue weighted by atomic mass is 10.1. The molecule has 0 fully saturated rings. The van der Waals surface area contributed by atoms with Gasteiger partial charge in [0, 0.05) is 6.42 Å². The van der Waals surface area contributed by atoms with Crippen LogP contribution < -0.4 is 5.32 Å². The van der Waals surface area contributed by atoms with Crippen LogP contribution in [-0.4, -0.2) is 28.8 Å². The van der Waals surface area contributed by atoms with Crippen molar-refractivity contribution in [2.24, 2.45) is 0 Å². The first-order valence-electron chi connectivity index (χ1n) is 4.18. The number of rotatable bonds is 6. The molecule has 0 aliphatic rings. The molecule has 0 aliphatic heterocycles. The summed E-state index contributed by atoms with van der Waals surface area (Å²) in [6.45, 7) is 4.84. The molecule has 0 aliphatic carbocycles. The van der Waals surface area contributed by atoms with Gasteiger partial charge in [0.15, 0.2) is 5.78 Å². The molecule has 0 aromatic heterocycles. The van der Waals surface area contributed by atoms with E-state index in [0.717, 1.165) is 6.08 Å². The molecule has 0 bridgehead atoms. The van der Waals surface area contributed by atoms with Crippen molar-refractivity contribution >= 4 is 17.7 Å². The van der Waals surface area contributed by atoms with Crippen LogP contribution in [0.15, 0.2) is 12.7 Å². The lowest BCUT2D eigenvalue weighted by molar-refractivity contribution is -0.139. The number of nitrogens with one attached hydrogen (secondary N) is 1. The Labute approximate surface area is 81.8 Å². The van der Waals surface area contributed by atoms with Gasteiger partial charge in [0.1, 0.15) is 6.04 Å². The molecule has 0 rings (SSSR count). The van der Waals surface area contributed by atoms with E-state index in [1.165, 1.54) is 0 Å². The summed E-state index contributed by atoms with van der Waals surface area (Å²) in [5.74, 6) is -1.98. The Morgan fingerprint density at radius 2 is 2.07 bits per heavy atom. The van der Waals surface area contributed by atoms with E-state index in [0.29, 0.717) is 0 Å². The number of amides is 1. The molecule has 0 spiro atoms. The smallest absolute Gasteiger partial charge is 0.305 e. The molecule has 1 unspecified atom stereocenters. The maximum absolute atomic E-state index is 11.1. The highest BCUT2D eigenvalue weighted by Crippen LogP contribution is 1.96. The van der Waals surface area contributed by atoms with E-state index in [1.54, 1.807) is 6.92 Å². The maximum Gasteiger partial charge on any atom is 0.305 e. The van der Waals surface area contributed by atoms with Gasteiger partial charge in [-0.3, -0.25) is 14.4 Å². The average Bonchev–Trinajstić information content (AvgIpc) is 2.14. The number of carboxylic acid groups (broad SMARTS) is 1. The van der Waals surface area contributed by atoms with Gasteiger partial charge in [-0.05, 0) is 6.08 Å². The van der Waals surface area contributed by atoms with Crippen LogP contribution in [0.25, 0.3) is 0 Å². The number of hydrogen-bond acceptors (Lipinski definition) is 3. The molecule has 5 nitrogen and oxygen atoms in total. The Bertz CT molecular complexity index is 260. The van der Waals surface area contributed by atoms with Gasteiger partial charge in [-0.15, -0.1) is 0 Å². The summed E-state index contributed by atoms with van der Waals surface area (Å²) in [7, 11) is 0. The van der Waals surface area contributed by atoms with Crippen molar-refractivity contribution in [2.45, 2.75) is 25.8 Å². The van der Waals surface area contributed by atoms with Crippen LogP contribution in [0.1, 0.15) is 19.8 Å². The fourth-order valence-electron chi connectivity index (χ4n) is 0.836. The van der Waals surface area contributed by atoms with Gasteiger partial charge in [0.2, 0.25) is 5.91 Å². The van der Waals surface area contributed by atoms with E-state index in [-0.39, 0.29) is 12.3 Å². The van der Waals surface area contributed by atoms with Gasteiger partial charge in [-0.2, -0.15) is 0 Å². The minimum Gasteiger partial charge on any atom is -0.481 e. The number of hydrogen-bond donors (Lipinski definition) is 2. The van der Waals surface area contributed by atoms with E-state index in [4.69, 9.17) is 5.11 Å². The Kier molecular flexibility index (Phi) is 5.21. The Morgan fingerprint density at radius 1 is 1.50 bits per heavy atom. The third-order valence-electron chi connectivity index (χ3n) is 1.58. The molecule has 5 heteroatoms. The van der Waals surface area contributed by atoms with E-state index in [2.05, 4.69) is 11.9 Å². The van der Waals surface area contributed by atoms with Crippen molar-refractivity contribution in [1.82, 2.24) is 5.32 Å². The second-order valence-electron chi connectivity index (χ2n) is 2.68. The molecule has 1 amide bonds. The SMILES string of the molecule is C=CC(=O)C(CC(=O)O)NC(=O)CC. The first-order valence-corrected chi connectivity index (χ1v) is 4.18. The zero-order valence-electron chi connectivity index (χ0n) is 7.95. The third-order valence-corrected chi connectivity index (χ3v) is 1.58. The highest BCUT2D eigenvalue weighted by molar-refractivity contribution is 5.98. The second kappa shape index (κ2) is 5.90. The number of aliphatic carboxylic acids is 1. The zero-order valence-corrected chi connectivity index (χ0v) is 7.95. The fourth-order valence-corrected chi connectivity index (χ4v) is 0.836. The predicted molar refractivity (Wildman–Crippen MR) is 49.7 cm³/mol. The van der Waals surface area contributed by atoms with Crippen LogP contribution in [0.4, 0.5) is 0 Å². The predicted octanol–water partition coefficient (Wildman–Crippen LogP) is 0.111. The summed E-state index contributed by atoms with van der Waals surface area (Å²) in [4.78, 5) is 32.4. The van der Waals surface area contributed by atoms with Gasteiger partial charge in [-0.25, -0.2) is 0 Å². The van der Waals surface area contributed by atoms with Crippen LogP contribution in [0.3, 0.4) is 0 Å². The van der Waals surface area contributed by atoms with Crippen molar-refractivity contribution in [3.8, 4) is 0 Å². The second-order valence-corrected chi connectivity index (χ2v) is 2.68. The molecule has 0 heterocycles. The van der Waals surface area contributed by atoms with Gasteiger partial charge >= 0.3 is 5.97 Å². The molecular formula is C9H13NO4. The molecule has 0 aromatic rings. The lowest BCUT2D eigenvalue weighted by Gasteiger charge is -2.12. The van der Waals surface area contributed by atoms with Gasteiger partial charge in [0.25, 0.3) is 0 Å². The Morgan fingerprint density at radius 3 is 2.43 bits per heavy atom. The van der Waals surface area contributed by atoms with Crippen LogP contribution in [0.2, 0.25) is 0 Å². The molecule has 0 aromatic carbocycles. The summed E-state index contributed by atoms with van der Waals surface area (Å²) in [5.41, 5.74) is 0. The minimum absolute atomic E-state index is 0.209. The van der Waals surface area contributed by atoms with Crippen molar-refractivity contribution in [3.63, 3.8) is 0 Å². The molecule has 0 saturated heterocycles. The summed E-state index contributed by atoms with van der Waals surface area (Å²) in [5, 5.41) is 10.8. The monoisotopic (exact) mass is 199 g/mol. The summed E-state index contributed by atoms with van der Waals surface area (Å²) >= 11 is 0. The average molecular weight is 199 g/mol. The molecule has 2 N–H and O–H groups in total. The minimum atomic E-state index is -1.14. The third kappa shape index (κ3) is 4.39. The van der Waals surface area contributed by atoms with Crippen LogP contribution >= 0.6 is 0 Å². The van der Waals surface area contributed by atoms with E-state index in [9.17, 15) is 14.4 Å². The van der Waals surface area contributed by atoms with E-state index in [1.807, 2.05) is 0 Å². The van der Waals surface area contributed by atoms with Crippen molar-refractivity contribution in [3.05, 3.63) is 12.7 Å². The normalized spacial score (nSPS) is 11.5. The topological polar surface area (TPSA) is 83.5 Å². The van der Waals surface area contributed by atoms with E-state index >= 15 is 0 Å². The van der Waals surface area contributed by atoms with Crippen LogP contribution in [-0.2, 0) is 14.4 Å². The molecule has 0 saturated carbocycles. The van der Waals surface area contributed by atoms with Gasteiger partial charge in [0.05, 0.1) is 6.42 Å². The molecule has 1 atom stereocenters. The lowest BCUT2D eigenvalue weighted by Crippen LogP contribution is -2.41. The molecule has 14 heavy (non-hydrogen) atoms. The first-order chi connectivity index (χ1) is 6.51. The number of carbonyl (C=O) groups is 3. The number of ketones is 1. The van der Waals surface area contributed by atoms with Crippen LogP contribution in [0.5, 0.6) is 0 Å².